The Labute approximate surface area is 204 Å². The van der Waals surface area contributed by atoms with Crippen molar-refractivity contribution in [3.8, 4) is 0 Å². The summed E-state index contributed by atoms with van der Waals surface area (Å²) in [7, 11) is 0. The van der Waals surface area contributed by atoms with E-state index in [-0.39, 0.29) is 51.1 Å². The highest BCUT2D eigenvalue weighted by atomic mass is 16.4. The van der Waals surface area contributed by atoms with Crippen LogP contribution in [-0.4, -0.2) is 156 Å². The molecule has 0 atom stereocenters. The molecule has 35 heavy (non-hydrogen) atoms. The van der Waals surface area contributed by atoms with E-state index in [4.69, 9.17) is 0 Å². The first-order valence-corrected chi connectivity index (χ1v) is 11.3. The van der Waals surface area contributed by atoms with Gasteiger partial charge in [-0.05, 0) is 6.08 Å². The fourth-order valence-electron chi connectivity index (χ4n) is 3.50. The number of hydrogen-bond donors (Lipinski definition) is 5. The quantitative estimate of drug-likeness (QED) is 0.134. The summed E-state index contributed by atoms with van der Waals surface area (Å²) in [5, 5.41) is 32.9. The predicted octanol–water partition coefficient (Wildman–Crippen LogP) is -3.12. The van der Waals surface area contributed by atoms with Crippen LogP contribution in [0.3, 0.4) is 0 Å². The zero-order valence-electron chi connectivity index (χ0n) is 19.9. The third-order valence-corrected chi connectivity index (χ3v) is 5.31. The maximum absolute atomic E-state index is 12.4. The molecule has 0 bridgehead atoms. The Balaban J connectivity index is 2.84. The van der Waals surface area contributed by atoms with E-state index in [0.717, 1.165) is 6.08 Å². The molecule has 1 saturated heterocycles. The minimum absolute atomic E-state index is 0.0162. The number of carboxylic acids is 3. The minimum Gasteiger partial charge on any atom is -0.480 e. The Hall–Kier alpha value is -3.07. The smallest absolute Gasteiger partial charge is 0.317 e. The van der Waals surface area contributed by atoms with Crippen molar-refractivity contribution >= 4 is 29.7 Å². The van der Waals surface area contributed by atoms with E-state index in [2.05, 4.69) is 17.2 Å². The summed E-state index contributed by atoms with van der Waals surface area (Å²) < 4.78 is 0. The summed E-state index contributed by atoms with van der Waals surface area (Å²) in [5.41, 5.74) is 0. The molecule has 0 aromatic heterocycles. The largest absolute Gasteiger partial charge is 0.480 e. The maximum Gasteiger partial charge on any atom is 0.317 e. The van der Waals surface area contributed by atoms with Crippen molar-refractivity contribution in [1.82, 2.24) is 30.2 Å². The number of nitrogens with zero attached hydrogens (tertiary/aromatic N) is 4. The van der Waals surface area contributed by atoms with Crippen molar-refractivity contribution in [2.75, 3.05) is 91.6 Å². The number of amides is 2. The lowest BCUT2D eigenvalue weighted by molar-refractivity contribution is -0.140. The molecule has 0 aromatic rings. The summed E-state index contributed by atoms with van der Waals surface area (Å²) in [6, 6.07) is 0. The van der Waals surface area contributed by atoms with Crippen molar-refractivity contribution in [1.29, 1.82) is 0 Å². The molecule has 0 aliphatic carbocycles. The average molecular weight is 501 g/mol. The van der Waals surface area contributed by atoms with Gasteiger partial charge in [0.15, 0.2) is 0 Å². The molecule has 5 N–H and O–H groups in total. The van der Waals surface area contributed by atoms with Gasteiger partial charge >= 0.3 is 17.9 Å². The number of carbonyl (C=O) groups is 5. The zero-order valence-corrected chi connectivity index (χ0v) is 19.9. The van der Waals surface area contributed by atoms with Crippen LogP contribution in [0.4, 0.5) is 0 Å². The third kappa shape index (κ3) is 14.7. The highest BCUT2D eigenvalue weighted by Gasteiger charge is 2.21. The van der Waals surface area contributed by atoms with Crippen LogP contribution in [0.1, 0.15) is 0 Å². The Morgan fingerprint density at radius 1 is 0.600 bits per heavy atom. The maximum atomic E-state index is 12.4. The molecular formula is C21H36N6O8. The molecule has 0 saturated carbocycles. The molecule has 14 nitrogen and oxygen atoms in total. The first-order valence-electron chi connectivity index (χ1n) is 11.3. The summed E-state index contributed by atoms with van der Waals surface area (Å²) in [6.07, 6.45) is 1.13. The van der Waals surface area contributed by atoms with Gasteiger partial charge in [0.05, 0.1) is 26.2 Å². The van der Waals surface area contributed by atoms with E-state index in [1.807, 2.05) is 4.90 Å². The SMILES string of the molecule is C=CC(=O)NCCNC(=O)CN1CCN(CC(=O)O)CCN(CC(=O)O)CCN(CC(=O)O)CC1. The fraction of sp³-hybridized carbons (Fsp3) is 0.667. The van der Waals surface area contributed by atoms with Crippen molar-refractivity contribution in [2.24, 2.45) is 0 Å². The molecule has 0 spiro atoms. The van der Waals surface area contributed by atoms with E-state index >= 15 is 0 Å². The Kier molecular flexibility index (Phi) is 14.2. The standard InChI is InChI=1S/C21H36N6O8/c1-2-17(28)22-3-4-23-18(29)13-24-5-7-25(14-19(30)31)9-11-27(16-21(34)35)12-10-26(8-6-24)15-20(32)33/h2H,1,3-16H2,(H,22,28)(H,23,29)(H,30,31)(H,32,33)(H,34,35). The fourth-order valence-corrected chi connectivity index (χ4v) is 3.50. The molecule has 14 heteroatoms. The van der Waals surface area contributed by atoms with Crippen molar-refractivity contribution in [3.05, 3.63) is 12.7 Å². The van der Waals surface area contributed by atoms with Crippen molar-refractivity contribution in [3.63, 3.8) is 0 Å². The van der Waals surface area contributed by atoms with E-state index in [1.165, 1.54) is 0 Å². The lowest BCUT2D eigenvalue weighted by Gasteiger charge is -2.32. The molecule has 0 unspecified atom stereocenters. The normalized spacial score (nSPS) is 17.5. The van der Waals surface area contributed by atoms with Crippen LogP contribution in [0.25, 0.3) is 0 Å². The average Bonchev–Trinajstić information content (AvgIpc) is 2.77. The molecule has 1 fully saturated rings. The van der Waals surface area contributed by atoms with Crippen LogP contribution >= 0.6 is 0 Å². The van der Waals surface area contributed by atoms with Gasteiger partial charge in [-0.2, -0.15) is 0 Å². The number of aliphatic carboxylic acids is 3. The van der Waals surface area contributed by atoms with Gasteiger partial charge in [-0.1, -0.05) is 6.58 Å². The van der Waals surface area contributed by atoms with Gasteiger partial charge in [0.1, 0.15) is 0 Å². The van der Waals surface area contributed by atoms with Crippen LogP contribution < -0.4 is 10.6 Å². The second-order valence-corrected chi connectivity index (χ2v) is 8.13. The number of nitrogens with one attached hydrogen (secondary N) is 2. The molecule has 1 aliphatic rings. The monoisotopic (exact) mass is 500 g/mol. The molecule has 2 amide bonds. The number of carbonyl (C=O) groups excluding carboxylic acids is 2. The highest BCUT2D eigenvalue weighted by molar-refractivity contribution is 5.86. The molecule has 1 aliphatic heterocycles. The molecule has 1 heterocycles. The summed E-state index contributed by atoms with van der Waals surface area (Å²) >= 11 is 0. The van der Waals surface area contributed by atoms with E-state index < -0.39 is 17.9 Å². The second kappa shape index (κ2) is 16.5. The lowest BCUT2D eigenvalue weighted by Crippen LogP contribution is -2.50. The zero-order chi connectivity index (χ0) is 26.2. The number of carboxylic acid groups (broad SMARTS) is 3. The number of rotatable bonds is 12. The topological polar surface area (TPSA) is 183 Å². The van der Waals surface area contributed by atoms with Gasteiger partial charge in [0, 0.05) is 65.4 Å². The predicted molar refractivity (Wildman–Crippen MR) is 125 cm³/mol. The van der Waals surface area contributed by atoms with E-state index in [0.29, 0.717) is 52.4 Å². The van der Waals surface area contributed by atoms with Gasteiger partial charge in [0.2, 0.25) is 11.8 Å². The summed E-state index contributed by atoms with van der Waals surface area (Å²) in [6.45, 7) is 5.72. The highest BCUT2D eigenvalue weighted by Crippen LogP contribution is 2.01. The van der Waals surface area contributed by atoms with Gasteiger partial charge in [-0.15, -0.1) is 0 Å². The molecule has 198 valence electrons. The van der Waals surface area contributed by atoms with Gasteiger partial charge in [0.25, 0.3) is 0 Å². The first kappa shape index (κ1) is 30.0. The molecule has 1 rings (SSSR count). The van der Waals surface area contributed by atoms with Crippen LogP contribution in [0.15, 0.2) is 12.7 Å². The van der Waals surface area contributed by atoms with E-state index in [1.54, 1.807) is 14.7 Å². The Morgan fingerprint density at radius 2 is 0.914 bits per heavy atom. The Bertz CT molecular complexity index is 717. The van der Waals surface area contributed by atoms with Gasteiger partial charge < -0.3 is 26.0 Å². The molecular weight excluding hydrogens is 464 g/mol. The van der Waals surface area contributed by atoms with Gasteiger partial charge in [-0.3, -0.25) is 43.6 Å². The first-order chi connectivity index (χ1) is 16.6. The minimum atomic E-state index is -1.02. The lowest BCUT2D eigenvalue weighted by atomic mass is 10.3. The Morgan fingerprint density at radius 3 is 1.23 bits per heavy atom. The summed E-state index contributed by atoms with van der Waals surface area (Å²) in [4.78, 5) is 64.2. The van der Waals surface area contributed by atoms with Crippen LogP contribution in [0, 0.1) is 0 Å². The van der Waals surface area contributed by atoms with Crippen LogP contribution in [0.2, 0.25) is 0 Å². The molecule has 0 aromatic carbocycles. The molecule has 0 radical (unpaired) electrons. The number of hydrogen-bond acceptors (Lipinski definition) is 9. The van der Waals surface area contributed by atoms with E-state index in [9.17, 15) is 39.3 Å². The van der Waals surface area contributed by atoms with Crippen LogP contribution in [-0.2, 0) is 24.0 Å². The van der Waals surface area contributed by atoms with Crippen LogP contribution in [0.5, 0.6) is 0 Å². The third-order valence-electron chi connectivity index (χ3n) is 5.31. The summed E-state index contributed by atoms with van der Waals surface area (Å²) in [5.74, 6) is -3.68. The van der Waals surface area contributed by atoms with Gasteiger partial charge in [-0.25, -0.2) is 0 Å². The van der Waals surface area contributed by atoms with Crippen molar-refractivity contribution < 1.29 is 39.3 Å². The second-order valence-electron chi connectivity index (χ2n) is 8.13. The van der Waals surface area contributed by atoms with Crippen molar-refractivity contribution in [2.45, 2.75) is 0 Å².